The van der Waals surface area contributed by atoms with Crippen LogP contribution in [0, 0.1) is 0 Å². The quantitative estimate of drug-likeness (QED) is 0.0379. The zero-order valence-electron chi connectivity index (χ0n) is 35.5. The van der Waals surface area contributed by atoms with Crippen LogP contribution in [0.3, 0.4) is 0 Å². The van der Waals surface area contributed by atoms with Crippen LogP contribution >= 0.6 is 0 Å². The average molecular weight is 772 g/mol. The summed E-state index contributed by atoms with van der Waals surface area (Å²) in [4.78, 5) is 10.8. The molecule has 2 aromatic carbocycles. The predicted molar refractivity (Wildman–Crippen MR) is 236 cm³/mol. The van der Waals surface area contributed by atoms with Gasteiger partial charge in [-0.2, -0.15) is 0 Å². The molecule has 0 fully saturated rings. The number of benzene rings is 2. The first-order valence-electron chi connectivity index (χ1n) is 23.0. The Bertz CT molecular complexity index is 1170. The molecular formula is C50H84N2Ni. The fourth-order valence-electron chi connectivity index (χ4n) is 7.45. The maximum Gasteiger partial charge on any atom is 0.0636 e. The van der Waals surface area contributed by atoms with Crippen molar-refractivity contribution in [2.45, 2.75) is 233 Å². The Balaban J connectivity index is 0.0000140. The molecule has 0 saturated heterocycles. The van der Waals surface area contributed by atoms with E-state index in [1.54, 1.807) is 0 Å². The van der Waals surface area contributed by atoms with Crippen molar-refractivity contribution in [3.63, 3.8) is 0 Å². The van der Waals surface area contributed by atoms with Crippen molar-refractivity contribution < 1.29 is 16.5 Å². The van der Waals surface area contributed by atoms with Gasteiger partial charge in [0.15, 0.2) is 0 Å². The van der Waals surface area contributed by atoms with E-state index in [1.165, 1.54) is 196 Å². The minimum absolute atomic E-state index is 0. The second kappa shape index (κ2) is 35.9. The van der Waals surface area contributed by atoms with Crippen LogP contribution in [0.2, 0.25) is 0 Å². The maximum atomic E-state index is 5.42. The van der Waals surface area contributed by atoms with E-state index < -0.39 is 0 Å². The molecule has 0 heterocycles. The van der Waals surface area contributed by atoms with Gasteiger partial charge in [-0.15, -0.1) is 0 Å². The smallest absolute Gasteiger partial charge is 0.0636 e. The standard InChI is InChI=1S/C50H84N2.Ni/c1-5-9-13-16-19-21-23-25-27-30-35-45-37-33-39-47(43-45)51-49(41-12-8-4)50(42-32-29-18-15-11-7-3)52-48-40-34-38-46(44-48)36-31-28-26-24-22-20-17-14-10-6-2;/h33-34,37-40,43-44H,5-32,35-36,41-42H2,1-4H3;/b51-49+,52-50+;. The Morgan fingerprint density at radius 1 is 0.358 bits per heavy atom. The topological polar surface area (TPSA) is 24.7 Å². The normalized spacial score (nSPS) is 12.0. The molecule has 53 heavy (non-hydrogen) atoms. The molecule has 2 nitrogen and oxygen atoms in total. The molecule has 0 aliphatic rings. The van der Waals surface area contributed by atoms with Crippen molar-refractivity contribution in [3.8, 4) is 0 Å². The summed E-state index contributed by atoms with van der Waals surface area (Å²) < 4.78 is 0. The summed E-state index contributed by atoms with van der Waals surface area (Å²) in [6.07, 6.45) is 42.2. The molecule has 0 bridgehead atoms. The Morgan fingerprint density at radius 3 is 1.02 bits per heavy atom. The van der Waals surface area contributed by atoms with Crippen molar-refractivity contribution in [1.82, 2.24) is 0 Å². The van der Waals surface area contributed by atoms with E-state index in [-0.39, 0.29) is 16.5 Å². The van der Waals surface area contributed by atoms with Gasteiger partial charge in [0.05, 0.1) is 22.8 Å². The molecule has 3 heteroatoms. The van der Waals surface area contributed by atoms with Crippen molar-refractivity contribution in [1.29, 1.82) is 0 Å². The van der Waals surface area contributed by atoms with E-state index in [9.17, 15) is 0 Å². The molecular weight excluding hydrogens is 687 g/mol. The fraction of sp³-hybridized carbons (Fsp3) is 0.720. The molecule has 0 aliphatic carbocycles. The van der Waals surface area contributed by atoms with Gasteiger partial charge in [0.2, 0.25) is 0 Å². The van der Waals surface area contributed by atoms with Gasteiger partial charge in [0.25, 0.3) is 0 Å². The van der Waals surface area contributed by atoms with E-state index in [0.717, 1.165) is 43.5 Å². The molecule has 0 saturated carbocycles. The van der Waals surface area contributed by atoms with Crippen molar-refractivity contribution in [3.05, 3.63) is 59.7 Å². The van der Waals surface area contributed by atoms with Gasteiger partial charge in [0.1, 0.15) is 0 Å². The van der Waals surface area contributed by atoms with Gasteiger partial charge in [0, 0.05) is 16.5 Å². The van der Waals surface area contributed by atoms with E-state index in [1.807, 2.05) is 0 Å². The number of unbranched alkanes of at least 4 members (excludes halogenated alkanes) is 24. The van der Waals surface area contributed by atoms with E-state index in [4.69, 9.17) is 9.98 Å². The maximum absolute atomic E-state index is 5.42. The van der Waals surface area contributed by atoms with E-state index in [2.05, 4.69) is 76.2 Å². The summed E-state index contributed by atoms with van der Waals surface area (Å²) in [5.41, 5.74) is 7.54. The number of aliphatic imine (C=N–C) groups is 2. The van der Waals surface area contributed by atoms with Crippen LogP contribution in [-0.4, -0.2) is 11.4 Å². The Labute approximate surface area is 340 Å². The van der Waals surface area contributed by atoms with Gasteiger partial charge in [-0.1, -0.05) is 206 Å². The molecule has 2 rings (SSSR count). The monoisotopic (exact) mass is 771 g/mol. The summed E-state index contributed by atoms with van der Waals surface area (Å²) in [7, 11) is 0. The number of nitrogens with zero attached hydrogens (tertiary/aromatic N) is 2. The van der Waals surface area contributed by atoms with Gasteiger partial charge in [-0.05, 0) is 86.8 Å². The summed E-state index contributed by atoms with van der Waals surface area (Å²) >= 11 is 0. The van der Waals surface area contributed by atoms with Crippen LogP contribution < -0.4 is 0 Å². The third-order valence-electron chi connectivity index (χ3n) is 10.9. The largest absolute Gasteiger partial charge is 0.252 e. The fourth-order valence-corrected chi connectivity index (χ4v) is 7.45. The predicted octanol–water partition coefficient (Wildman–Crippen LogP) is 17.4. The Morgan fingerprint density at radius 2 is 0.660 bits per heavy atom. The van der Waals surface area contributed by atoms with Gasteiger partial charge < -0.3 is 0 Å². The zero-order chi connectivity index (χ0) is 37.2. The van der Waals surface area contributed by atoms with Crippen LogP contribution in [0.1, 0.15) is 231 Å². The van der Waals surface area contributed by atoms with Crippen LogP contribution in [0.4, 0.5) is 11.4 Å². The van der Waals surface area contributed by atoms with Crippen molar-refractivity contribution in [2.75, 3.05) is 0 Å². The Hall–Kier alpha value is -1.73. The van der Waals surface area contributed by atoms with Crippen LogP contribution in [0.15, 0.2) is 58.5 Å². The number of hydrogen-bond acceptors (Lipinski definition) is 2. The third kappa shape index (κ3) is 26.7. The second-order valence-electron chi connectivity index (χ2n) is 15.9. The van der Waals surface area contributed by atoms with Crippen molar-refractivity contribution >= 4 is 22.8 Å². The van der Waals surface area contributed by atoms with Crippen LogP contribution in [0.5, 0.6) is 0 Å². The second-order valence-corrected chi connectivity index (χ2v) is 15.9. The summed E-state index contributed by atoms with van der Waals surface area (Å²) in [5.74, 6) is 0. The number of aryl methyl sites for hydroxylation is 2. The summed E-state index contributed by atoms with van der Waals surface area (Å²) in [6.45, 7) is 9.21. The molecule has 0 aromatic heterocycles. The molecule has 0 radical (unpaired) electrons. The minimum Gasteiger partial charge on any atom is -0.252 e. The number of rotatable bonds is 35. The zero-order valence-corrected chi connectivity index (χ0v) is 36.4. The molecule has 304 valence electrons. The van der Waals surface area contributed by atoms with E-state index in [0.29, 0.717) is 0 Å². The molecule has 0 atom stereocenters. The molecule has 0 N–H and O–H groups in total. The average Bonchev–Trinajstić information content (AvgIpc) is 3.16. The van der Waals surface area contributed by atoms with Crippen LogP contribution in [-0.2, 0) is 29.3 Å². The molecule has 2 aromatic rings. The number of hydrogen-bond donors (Lipinski definition) is 0. The first-order chi connectivity index (χ1) is 25.7. The molecule has 0 aliphatic heterocycles. The molecule has 0 amide bonds. The minimum atomic E-state index is 0. The summed E-state index contributed by atoms with van der Waals surface area (Å²) in [5, 5.41) is 0. The first-order valence-corrected chi connectivity index (χ1v) is 23.0. The van der Waals surface area contributed by atoms with Crippen molar-refractivity contribution in [2.24, 2.45) is 9.98 Å². The summed E-state index contributed by atoms with van der Waals surface area (Å²) in [6, 6.07) is 18.2. The van der Waals surface area contributed by atoms with Crippen LogP contribution in [0.25, 0.3) is 0 Å². The third-order valence-corrected chi connectivity index (χ3v) is 10.9. The first kappa shape index (κ1) is 49.3. The molecule has 0 spiro atoms. The van der Waals surface area contributed by atoms with Gasteiger partial charge >= 0.3 is 0 Å². The molecule has 0 unspecified atom stereocenters. The Kier molecular flexibility index (Phi) is 33.4. The van der Waals surface area contributed by atoms with Gasteiger partial charge in [-0.25, -0.2) is 0 Å². The van der Waals surface area contributed by atoms with Gasteiger partial charge in [-0.3, -0.25) is 9.98 Å². The van der Waals surface area contributed by atoms with E-state index >= 15 is 0 Å². The SMILES string of the molecule is CCCCCCCCCCCCc1cccc(/N=C(CCCC)/C(CCCCCCCC)=N/c2cccc(CCCCCCCCCCCC)c2)c1.[Ni].